The lowest BCUT2D eigenvalue weighted by atomic mass is 9.99. The highest BCUT2D eigenvalue weighted by atomic mass is 15.2. The van der Waals surface area contributed by atoms with E-state index in [9.17, 15) is 0 Å². The van der Waals surface area contributed by atoms with Crippen LogP contribution >= 0.6 is 0 Å². The maximum absolute atomic E-state index is 2.40. The predicted octanol–water partition coefficient (Wildman–Crippen LogP) is 16.0. The number of aryl methyl sites for hydroxylation is 3. The molecule has 60 heavy (non-hydrogen) atoms. The van der Waals surface area contributed by atoms with Crippen molar-refractivity contribution in [1.29, 1.82) is 0 Å². The summed E-state index contributed by atoms with van der Waals surface area (Å²) in [5.74, 6) is 0. The molecule has 0 aliphatic carbocycles. The molecule has 1 heterocycles. The topological polar surface area (TPSA) is 11.4 Å². The minimum absolute atomic E-state index is 1.07. The molecule has 0 bridgehead atoms. The lowest BCUT2D eigenvalue weighted by molar-refractivity contribution is 1.18. The van der Waals surface area contributed by atoms with E-state index < -0.39 is 0 Å². The highest BCUT2D eigenvalue weighted by Gasteiger charge is 2.21. The number of benzene rings is 9. The maximum Gasteiger partial charge on any atom is 0.0541 e. The highest BCUT2D eigenvalue weighted by Crippen LogP contribution is 2.44. The lowest BCUT2D eigenvalue weighted by Gasteiger charge is -2.30. The minimum atomic E-state index is 1.07. The molecule has 288 valence electrons. The second-order valence-electron chi connectivity index (χ2n) is 15.7. The van der Waals surface area contributed by atoms with Crippen LogP contribution in [-0.4, -0.2) is 4.57 Å². The number of aromatic nitrogens is 1. The van der Waals surface area contributed by atoms with E-state index in [0.29, 0.717) is 0 Å². The standard InChI is InChI=1S/C57H45N3/c1-40-18-27-48(28-19-40)58(47-14-8-5-9-15-47)52-36-46(37-53(39-52)59(49-29-20-41(2)21-30-49)50-31-22-42(3)23-32-50)45-26-35-57-55(38-45)54-16-10-11-17-56(54)60(57)51-33-24-44(25-34-51)43-12-6-4-7-13-43/h4-39H,1-3H3. The van der Waals surface area contributed by atoms with Crippen molar-refractivity contribution in [3.8, 4) is 27.9 Å². The van der Waals surface area contributed by atoms with E-state index in [0.717, 1.165) is 50.9 Å². The third-order valence-electron chi connectivity index (χ3n) is 11.5. The maximum atomic E-state index is 2.40. The average Bonchev–Trinajstić information content (AvgIpc) is 3.63. The van der Waals surface area contributed by atoms with Crippen molar-refractivity contribution in [2.75, 3.05) is 9.80 Å². The summed E-state index contributed by atoms with van der Waals surface area (Å²) in [4.78, 5) is 4.76. The van der Waals surface area contributed by atoms with E-state index in [-0.39, 0.29) is 0 Å². The summed E-state index contributed by atoms with van der Waals surface area (Å²) >= 11 is 0. The van der Waals surface area contributed by atoms with Crippen LogP contribution in [0.25, 0.3) is 49.7 Å². The lowest BCUT2D eigenvalue weighted by Crippen LogP contribution is -2.13. The van der Waals surface area contributed by atoms with Crippen molar-refractivity contribution >= 4 is 55.9 Å². The molecule has 3 heteroatoms. The molecule has 0 atom stereocenters. The second-order valence-corrected chi connectivity index (χ2v) is 15.7. The molecule has 0 radical (unpaired) electrons. The molecule has 10 rings (SSSR count). The van der Waals surface area contributed by atoms with Gasteiger partial charge in [-0.15, -0.1) is 0 Å². The first-order chi connectivity index (χ1) is 29.5. The van der Waals surface area contributed by atoms with Gasteiger partial charge in [0.2, 0.25) is 0 Å². The summed E-state index contributed by atoms with van der Waals surface area (Å²) in [7, 11) is 0. The third kappa shape index (κ3) is 7.01. The van der Waals surface area contributed by atoms with E-state index in [2.05, 4.69) is 254 Å². The molecule has 0 aliphatic heterocycles. The quantitative estimate of drug-likeness (QED) is 0.145. The van der Waals surface area contributed by atoms with E-state index in [1.165, 1.54) is 49.6 Å². The first-order valence-electron chi connectivity index (χ1n) is 20.7. The van der Waals surface area contributed by atoms with Crippen molar-refractivity contribution in [3.63, 3.8) is 0 Å². The number of anilines is 6. The number of nitrogens with zero attached hydrogens (tertiary/aromatic N) is 3. The van der Waals surface area contributed by atoms with Gasteiger partial charge in [0.1, 0.15) is 0 Å². The summed E-state index contributed by atoms with van der Waals surface area (Å²) in [6.45, 7) is 6.43. The van der Waals surface area contributed by atoms with Crippen LogP contribution in [0, 0.1) is 20.8 Å². The Labute approximate surface area is 352 Å². The zero-order chi connectivity index (χ0) is 40.6. The summed E-state index contributed by atoms with van der Waals surface area (Å²) in [5.41, 5.74) is 18.4. The van der Waals surface area contributed by atoms with Crippen LogP contribution < -0.4 is 9.80 Å². The summed E-state index contributed by atoms with van der Waals surface area (Å²) in [5, 5.41) is 2.44. The van der Waals surface area contributed by atoms with Crippen LogP contribution in [0.15, 0.2) is 218 Å². The zero-order valence-electron chi connectivity index (χ0n) is 34.1. The van der Waals surface area contributed by atoms with Gasteiger partial charge in [-0.05, 0) is 140 Å². The third-order valence-corrected chi connectivity index (χ3v) is 11.5. The van der Waals surface area contributed by atoms with Crippen molar-refractivity contribution in [2.45, 2.75) is 20.8 Å². The smallest absolute Gasteiger partial charge is 0.0541 e. The molecular weight excluding hydrogens is 727 g/mol. The van der Waals surface area contributed by atoms with Gasteiger partial charge in [-0.1, -0.05) is 138 Å². The SMILES string of the molecule is Cc1ccc(N(c2ccccc2)c2cc(-c3ccc4c(c3)c3ccccc3n4-c3ccc(-c4ccccc4)cc3)cc(N(c3ccc(C)cc3)c3ccc(C)cc3)c2)cc1. The highest BCUT2D eigenvalue weighted by molar-refractivity contribution is 6.10. The van der Waals surface area contributed by atoms with Gasteiger partial charge in [-0.2, -0.15) is 0 Å². The van der Waals surface area contributed by atoms with Crippen LogP contribution in [0.5, 0.6) is 0 Å². The Morgan fingerprint density at radius 2 is 0.717 bits per heavy atom. The van der Waals surface area contributed by atoms with Gasteiger partial charge < -0.3 is 14.4 Å². The Bertz CT molecular complexity index is 3030. The van der Waals surface area contributed by atoms with Crippen LogP contribution in [-0.2, 0) is 0 Å². The average molecular weight is 772 g/mol. The predicted molar refractivity (Wildman–Crippen MR) is 255 cm³/mol. The number of hydrogen-bond acceptors (Lipinski definition) is 2. The molecule has 0 N–H and O–H groups in total. The number of rotatable bonds is 9. The Hall–Kier alpha value is -7.62. The Balaban J connectivity index is 1.19. The molecule has 10 aromatic rings. The van der Waals surface area contributed by atoms with E-state index in [1.54, 1.807) is 0 Å². The van der Waals surface area contributed by atoms with E-state index in [4.69, 9.17) is 0 Å². The van der Waals surface area contributed by atoms with Gasteiger partial charge in [0.15, 0.2) is 0 Å². The van der Waals surface area contributed by atoms with Gasteiger partial charge in [0.05, 0.1) is 11.0 Å². The normalized spacial score (nSPS) is 11.2. The Morgan fingerprint density at radius 3 is 1.27 bits per heavy atom. The van der Waals surface area contributed by atoms with Gasteiger partial charge in [-0.3, -0.25) is 0 Å². The Kier molecular flexibility index (Phi) is 9.55. The largest absolute Gasteiger partial charge is 0.310 e. The molecule has 0 spiro atoms. The zero-order valence-corrected chi connectivity index (χ0v) is 34.1. The fourth-order valence-corrected chi connectivity index (χ4v) is 8.44. The van der Waals surface area contributed by atoms with Gasteiger partial charge in [0, 0.05) is 50.6 Å². The van der Waals surface area contributed by atoms with E-state index in [1.807, 2.05) is 0 Å². The van der Waals surface area contributed by atoms with Crippen LogP contribution in [0.2, 0.25) is 0 Å². The summed E-state index contributed by atoms with van der Waals surface area (Å²) in [6.07, 6.45) is 0. The fourth-order valence-electron chi connectivity index (χ4n) is 8.44. The molecule has 3 nitrogen and oxygen atoms in total. The van der Waals surface area contributed by atoms with Crippen LogP contribution in [0.3, 0.4) is 0 Å². The van der Waals surface area contributed by atoms with Crippen molar-refractivity contribution in [3.05, 3.63) is 235 Å². The molecule has 0 amide bonds. The van der Waals surface area contributed by atoms with Gasteiger partial charge >= 0.3 is 0 Å². The van der Waals surface area contributed by atoms with Crippen molar-refractivity contribution in [2.24, 2.45) is 0 Å². The molecule has 1 aromatic heterocycles. The van der Waals surface area contributed by atoms with Crippen LogP contribution in [0.4, 0.5) is 34.1 Å². The van der Waals surface area contributed by atoms with Gasteiger partial charge in [0.25, 0.3) is 0 Å². The number of para-hydroxylation sites is 2. The molecule has 0 fully saturated rings. The molecular formula is C57H45N3. The summed E-state index contributed by atoms with van der Waals surface area (Å²) < 4.78 is 2.40. The number of hydrogen-bond donors (Lipinski definition) is 0. The molecule has 0 unspecified atom stereocenters. The second kappa shape index (κ2) is 15.6. The van der Waals surface area contributed by atoms with Crippen molar-refractivity contribution < 1.29 is 0 Å². The first kappa shape index (κ1) is 36.7. The first-order valence-corrected chi connectivity index (χ1v) is 20.7. The monoisotopic (exact) mass is 771 g/mol. The molecule has 0 aliphatic rings. The van der Waals surface area contributed by atoms with Crippen molar-refractivity contribution in [1.82, 2.24) is 4.57 Å². The van der Waals surface area contributed by atoms with Gasteiger partial charge in [-0.25, -0.2) is 0 Å². The Morgan fingerprint density at radius 1 is 0.283 bits per heavy atom. The molecule has 0 saturated carbocycles. The number of fused-ring (bicyclic) bond motifs is 3. The fraction of sp³-hybridized carbons (Fsp3) is 0.0526. The van der Waals surface area contributed by atoms with E-state index >= 15 is 0 Å². The molecule has 0 saturated heterocycles. The summed E-state index contributed by atoms with van der Waals surface area (Å²) in [6, 6.07) is 79.5. The van der Waals surface area contributed by atoms with Crippen LogP contribution in [0.1, 0.15) is 16.7 Å². The minimum Gasteiger partial charge on any atom is -0.310 e. The molecule has 9 aromatic carbocycles.